The van der Waals surface area contributed by atoms with Gasteiger partial charge in [-0.3, -0.25) is 10.1 Å². The van der Waals surface area contributed by atoms with Gasteiger partial charge in [-0.2, -0.15) is 0 Å². The molecule has 1 aromatic heterocycles. The lowest BCUT2D eigenvalue weighted by atomic mass is 10.1. The van der Waals surface area contributed by atoms with E-state index in [1.165, 1.54) is 24.5 Å². The topological polar surface area (TPSA) is 96.8 Å². The molecule has 0 saturated carbocycles. The molecule has 0 fully saturated rings. The zero-order chi connectivity index (χ0) is 15.6. The van der Waals surface area contributed by atoms with Crippen LogP contribution in [0.4, 0.5) is 15.8 Å². The molecule has 0 unspecified atom stereocenters. The van der Waals surface area contributed by atoms with E-state index in [4.69, 9.17) is 9.52 Å². The van der Waals surface area contributed by atoms with E-state index < -0.39 is 28.0 Å². The second kappa shape index (κ2) is 5.61. The summed E-state index contributed by atoms with van der Waals surface area (Å²) in [4.78, 5) is 22.6. The van der Waals surface area contributed by atoms with E-state index in [9.17, 15) is 19.3 Å². The Morgan fingerprint density at radius 1 is 1.52 bits per heavy atom. The summed E-state index contributed by atoms with van der Waals surface area (Å²) in [5.41, 5.74) is -0.472. The van der Waals surface area contributed by atoms with Gasteiger partial charge in [0.2, 0.25) is 0 Å². The molecule has 1 N–H and O–H groups in total. The van der Waals surface area contributed by atoms with Crippen molar-refractivity contribution >= 4 is 17.3 Å². The molecule has 8 heteroatoms. The molecule has 0 spiro atoms. The first-order chi connectivity index (χ1) is 9.90. The minimum Gasteiger partial charge on any atom is -0.478 e. The Morgan fingerprint density at radius 2 is 2.24 bits per heavy atom. The summed E-state index contributed by atoms with van der Waals surface area (Å²) in [6.45, 7) is 0.253. The van der Waals surface area contributed by atoms with Crippen molar-refractivity contribution in [1.82, 2.24) is 0 Å². The molecule has 110 valence electrons. The lowest BCUT2D eigenvalue weighted by Crippen LogP contribution is -2.18. The number of anilines is 1. The van der Waals surface area contributed by atoms with Crippen LogP contribution >= 0.6 is 0 Å². The van der Waals surface area contributed by atoms with Crippen LogP contribution < -0.4 is 4.90 Å². The fourth-order valence-electron chi connectivity index (χ4n) is 1.91. The van der Waals surface area contributed by atoms with Crippen LogP contribution in [0.25, 0.3) is 0 Å². The van der Waals surface area contributed by atoms with E-state index in [2.05, 4.69) is 0 Å². The van der Waals surface area contributed by atoms with E-state index in [1.54, 1.807) is 6.07 Å². The quantitative estimate of drug-likeness (QED) is 0.672. The van der Waals surface area contributed by atoms with Crippen molar-refractivity contribution in [2.45, 2.75) is 6.54 Å². The Kier molecular flexibility index (Phi) is 3.88. The molecule has 1 heterocycles. The predicted octanol–water partition coefficient (Wildman–Crippen LogP) is 2.66. The van der Waals surface area contributed by atoms with Gasteiger partial charge >= 0.3 is 5.97 Å². The molecule has 1 aromatic carbocycles. The van der Waals surface area contributed by atoms with Crippen LogP contribution in [0.1, 0.15) is 15.9 Å². The number of halogens is 1. The number of carboxylic acid groups (broad SMARTS) is 1. The maximum atomic E-state index is 13.7. The number of nitrogens with zero attached hydrogens (tertiary/aromatic N) is 2. The Balaban J connectivity index is 2.44. The number of nitro groups is 1. The number of aromatic carboxylic acids is 1. The zero-order valence-electron chi connectivity index (χ0n) is 10.9. The van der Waals surface area contributed by atoms with Crippen molar-refractivity contribution in [1.29, 1.82) is 0 Å². The maximum absolute atomic E-state index is 13.7. The molecule has 7 nitrogen and oxygen atoms in total. The van der Waals surface area contributed by atoms with Gasteiger partial charge in [-0.25, -0.2) is 9.18 Å². The third-order valence-corrected chi connectivity index (χ3v) is 2.90. The number of benzene rings is 1. The second-order valence-corrected chi connectivity index (χ2v) is 4.37. The van der Waals surface area contributed by atoms with Gasteiger partial charge in [0.15, 0.2) is 0 Å². The Labute approximate surface area is 118 Å². The van der Waals surface area contributed by atoms with E-state index >= 15 is 0 Å². The normalized spacial score (nSPS) is 10.4. The third-order valence-electron chi connectivity index (χ3n) is 2.90. The van der Waals surface area contributed by atoms with Crippen LogP contribution in [-0.2, 0) is 6.54 Å². The number of rotatable bonds is 5. The first-order valence-corrected chi connectivity index (χ1v) is 5.83. The van der Waals surface area contributed by atoms with Gasteiger partial charge in [-0.1, -0.05) is 0 Å². The van der Waals surface area contributed by atoms with Crippen LogP contribution in [-0.4, -0.2) is 23.0 Å². The molecular weight excluding hydrogens is 283 g/mol. The first-order valence-electron chi connectivity index (χ1n) is 5.83. The number of carboxylic acids is 1. The third kappa shape index (κ3) is 2.99. The molecule has 0 saturated heterocycles. The molecular formula is C13H11FN2O5. The molecule has 0 aliphatic carbocycles. The average molecular weight is 294 g/mol. The summed E-state index contributed by atoms with van der Waals surface area (Å²) in [5, 5.41) is 19.9. The summed E-state index contributed by atoms with van der Waals surface area (Å²) in [6, 6.07) is 3.24. The van der Waals surface area contributed by atoms with Crippen molar-refractivity contribution in [3.05, 3.63) is 57.8 Å². The molecule has 0 bridgehead atoms. The number of hydrogen-bond donors (Lipinski definition) is 1. The van der Waals surface area contributed by atoms with Crippen molar-refractivity contribution in [2.75, 3.05) is 11.9 Å². The first kappa shape index (κ1) is 14.5. The molecule has 2 rings (SSSR count). The van der Waals surface area contributed by atoms with E-state index in [1.807, 2.05) is 0 Å². The largest absolute Gasteiger partial charge is 0.478 e. The van der Waals surface area contributed by atoms with Crippen LogP contribution in [0.2, 0.25) is 0 Å². The molecule has 0 radical (unpaired) electrons. The lowest BCUT2D eigenvalue weighted by Gasteiger charge is -2.18. The summed E-state index contributed by atoms with van der Waals surface area (Å²) in [7, 11) is 1.54. The molecule has 21 heavy (non-hydrogen) atoms. The standard InChI is InChI=1S/C13H11FN2O5/c1-15(6-8-2-3-21-7-8)11-5-10(14)9(13(17)18)4-12(11)16(19)20/h2-5,7H,6H2,1H3,(H,17,18). The smallest absolute Gasteiger partial charge is 0.338 e. The monoisotopic (exact) mass is 294 g/mol. The highest BCUT2D eigenvalue weighted by molar-refractivity contribution is 5.90. The summed E-state index contributed by atoms with van der Waals surface area (Å²) >= 11 is 0. The summed E-state index contributed by atoms with van der Waals surface area (Å²) < 4.78 is 18.6. The minimum absolute atomic E-state index is 0.0105. The van der Waals surface area contributed by atoms with Gasteiger partial charge in [0, 0.05) is 31.3 Å². The fraction of sp³-hybridized carbons (Fsp3) is 0.154. The van der Waals surface area contributed by atoms with Crippen LogP contribution in [0.3, 0.4) is 0 Å². The Bertz CT molecular complexity index is 684. The maximum Gasteiger partial charge on any atom is 0.338 e. The van der Waals surface area contributed by atoms with Crippen molar-refractivity contribution < 1.29 is 23.6 Å². The van der Waals surface area contributed by atoms with Crippen molar-refractivity contribution in [3.8, 4) is 0 Å². The number of carbonyl (C=O) groups is 1. The molecule has 0 amide bonds. The predicted molar refractivity (Wildman–Crippen MR) is 70.8 cm³/mol. The van der Waals surface area contributed by atoms with Gasteiger partial charge in [0.05, 0.1) is 17.4 Å². The Morgan fingerprint density at radius 3 is 2.76 bits per heavy atom. The average Bonchev–Trinajstić information content (AvgIpc) is 2.90. The zero-order valence-corrected chi connectivity index (χ0v) is 10.9. The van der Waals surface area contributed by atoms with E-state index in [0.717, 1.165) is 17.7 Å². The fourth-order valence-corrected chi connectivity index (χ4v) is 1.91. The minimum atomic E-state index is -1.56. The Hall–Kier alpha value is -2.90. The van der Waals surface area contributed by atoms with Crippen molar-refractivity contribution in [3.63, 3.8) is 0 Å². The SMILES string of the molecule is CN(Cc1ccoc1)c1cc(F)c(C(=O)O)cc1[N+](=O)[O-]. The number of nitro benzene ring substituents is 1. The molecule has 0 aliphatic heterocycles. The molecule has 0 atom stereocenters. The van der Waals surface area contributed by atoms with Gasteiger partial charge in [-0.05, 0) is 6.07 Å². The lowest BCUT2D eigenvalue weighted by molar-refractivity contribution is -0.384. The van der Waals surface area contributed by atoms with Gasteiger partial charge < -0.3 is 14.4 Å². The highest BCUT2D eigenvalue weighted by atomic mass is 19.1. The van der Waals surface area contributed by atoms with Gasteiger partial charge in [0.1, 0.15) is 17.1 Å². The van der Waals surface area contributed by atoms with Gasteiger partial charge in [-0.15, -0.1) is 0 Å². The summed E-state index contributed by atoms with van der Waals surface area (Å²) in [5.74, 6) is -2.58. The van der Waals surface area contributed by atoms with Crippen LogP contribution in [0.5, 0.6) is 0 Å². The van der Waals surface area contributed by atoms with Crippen LogP contribution in [0.15, 0.2) is 35.1 Å². The van der Waals surface area contributed by atoms with Crippen molar-refractivity contribution in [2.24, 2.45) is 0 Å². The highest BCUT2D eigenvalue weighted by Crippen LogP contribution is 2.31. The van der Waals surface area contributed by atoms with Gasteiger partial charge in [0.25, 0.3) is 5.69 Å². The highest BCUT2D eigenvalue weighted by Gasteiger charge is 2.24. The molecule has 2 aromatic rings. The van der Waals surface area contributed by atoms with Crippen LogP contribution in [0, 0.1) is 15.9 Å². The number of hydrogen-bond acceptors (Lipinski definition) is 5. The molecule has 0 aliphatic rings. The van der Waals surface area contributed by atoms with E-state index in [-0.39, 0.29) is 12.2 Å². The number of furan rings is 1. The summed E-state index contributed by atoms with van der Waals surface area (Å²) in [6.07, 6.45) is 2.91. The van der Waals surface area contributed by atoms with E-state index in [0.29, 0.717) is 0 Å². The second-order valence-electron chi connectivity index (χ2n) is 4.37.